The number of benzene rings is 1. The minimum Gasteiger partial charge on any atom is -0.397 e. The third-order valence-corrected chi connectivity index (χ3v) is 2.61. The molecule has 1 heterocycles. The highest BCUT2D eigenvalue weighted by molar-refractivity contribution is 9.10. The number of hydrogen-bond acceptors (Lipinski definition) is 2. The van der Waals surface area contributed by atoms with Crippen molar-refractivity contribution in [2.24, 2.45) is 0 Å². The number of nitrogen functional groups attached to an aromatic ring is 1. The number of rotatable bonds is 1. The summed E-state index contributed by atoms with van der Waals surface area (Å²) in [6.45, 7) is 0. The molecule has 2 rings (SSSR count). The van der Waals surface area contributed by atoms with Crippen LogP contribution in [0, 0.1) is 11.3 Å². The summed E-state index contributed by atoms with van der Waals surface area (Å²) in [5.41, 5.74) is 7.88. The van der Waals surface area contributed by atoms with Gasteiger partial charge in [0.2, 0.25) is 0 Å². The first kappa shape index (κ1) is 9.81. The van der Waals surface area contributed by atoms with Crippen molar-refractivity contribution in [1.29, 1.82) is 5.26 Å². The van der Waals surface area contributed by atoms with Gasteiger partial charge in [-0.3, -0.25) is 0 Å². The van der Waals surface area contributed by atoms with Crippen molar-refractivity contribution in [3.63, 3.8) is 0 Å². The molecule has 0 amide bonds. The van der Waals surface area contributed by atoms with E-state index >= 15 is 0 Å². The normalized spacial score (nSPS) is 9.87. The van der Waals surface area contributed by atoms with Gasteiger partial charge in [-0.1, -0.05) is 15.9 Å². The highest BCUT2D eigenvalue weighted by Crippen LogP contribution is 2.23. The van der Waals surface area contributed by atoms with Crippen LogP contribution in [0.4, 0.5) is 5.69 Å². The summed E-state index contributed by atoms with van der Waals surface area (Å²) in [5.74, 6) is 0. The molecule has 2 N–H and O–H groups in total. The van der Waals surface area contributed by atoms with Crippen LogP contribution in [0.1, 0.15) is 5.69 Å². The minimum absolute atomic E-state index is 0.569. The molecule has 74 valence electrons. The Bertz CT molecular complexity index is 537. The van der Waals surface area contributed by atoms with E-state index in [0.717, 1.165) is 10.2 Å². The number of halogens is 1. The second-order valence-electron chi connectivity index (χ2n) is 3.08. The standard InChI is InChI=1S/C11H8BrN3/c12-8-3-4-10(14)11(6-8)15-5-1-2-9(15)7-13/h1-6H,14H2. The number of hydrogen-bond donors (Lipinski definition) is 1. The van der Waals surface area contributed by atoms with Crippen molar-refractivity contribution in [3.05, 3.63) is 46.7 Å². The molecule has 1 aromatic carbocycles. The van der Waals surface area contributed by atoms with Crippen LogP contribution in [-0.4, -0.2) is 4.57 Å². The van der Waals surface area contributed by atoms with Gasteiger partial charge in [0.15, 0.2) is 0 Å². The fraction of sp³-hybridized carbons (Fsp3) is 0. The predicted molar refractivity (Wildman–Crippen MR) is 62.6 cm³/mol. The first-order valence-electron chi connectivity index (χ1n) is 4.35. The van der Waals surface area contributed by atoms with Gasteiger partial charge >= 0.3 is 0 Å². The van der Waals surface area contributed by atoms with Crippen LogP contribution >= 0.6 is 15.9 Å². The SMILES string of the molecule is N#Cc1cccn1-c1cc(Br)ccc1N. The van der Waals surface area contributed by atoms with E-state index in [1.807, 2.05) is 24.4 Å². The molecule has 0 aliphatic heterocycles. The van der Waals surface area contributed by atoms with Crippen molar-refractivity contribution < 1.29 is 0 Å². The van der Waals surface area contributed by atoms with Gasteiger partial charge in [-0.25, -0.2) is 0 Å². The van der Waals surface area contributed by atoms with Crippen molar-refractivity contribution in [3.8, 4) is 11.8 Å². The summed E-state index contributed by atoms with van der Waals surface area (Å²) < 4.78 is 2.70. The number of nitriles is 1. The van der Waals surface area contributed by atoms with E-state index in [-0.39, 0.29) is 0 Å². The van der Waals surface area contributed by atoms with Gasteiger partial charge in [0.05, 0.1) is 11.4 Å². The van der Waals surface area contributed by atoms with Crippen molar-refractivity contribution in [2.75, 3.05) is 5.73 Å². The Morgan fingerprint density at radius 3 is 2.87 bits per heavy atom. The van der Waals surface area contributed by atoms with Crippen LogP contribution in [0.2, 0.25) is 0 Å². The third kappa shape index (κ3) is 1.74. The van der Waals surface area contributed by atoms with Gasteiger partial charge in [-0.2, -0.15) is 5.26 Å². The highest BCUT2D eigenvalue weighted by Gasteiger charge is 2.06. The molecule has 0 spiro atoms. The minimum atomic E-state index is 0.569. The molecule has 0 aliphatic rings. The fourth-order valence-electron chi connectivity index (χ4n) is 1.41. The Morgan fingerprint density at radius 2 is 2.13 bits per heavy atom. The smallest absolute Gasteiger partial charge is 0.124 e. The molecule has 3 nitrogen and oxygen atoms in total. The summed E-state index contributed by atoms with van der Waals surface area (Å²) in [6, 6.07) is 11.2. The quantitative estimate of drug-likeness (QED) is 0.803. The largest absolute Gasteiger partial charge is 0.397 e. The first-order valence-corrected chi connectivity index (χ1v) is 5.14. The van der Waals surface area contributed by atoms with Crippen LogP contribution in [0.25, 0.3) is 5.69 Å². The zero-order valence-electron chi connectivity index (χ0n) is 7.81. The van der Waals surface area contributed by atoms with E-state index in [1.165, 1.54) is 0 Å². The summed E-state index contributed by atoms with van der Waals surface area (Å²) in [7, 11) is 0. The summed E-state index contributed by atoms with van der Waals surface area (Å²) in [5, 5.41) is 8.91. The van der Waals surface area contributed by atoms with Crippen LogP contribution < -0.4 is 5.73 Å². The topological polar surface area (TPSA) is 54.7 Å². The molecule has 4 heteroatoms. The van der Waals surface area contributed by atoms with E-state index in [2.05, 4.69) is 22.0 Å². The Kier molecular flexibility index (Phi) is 2.48. The second-order valence-corrected chi connectivity index (χ2v) is 3.99. The van der Waals surface area contributed by atoms with Gasteiger partial charge in [-0.15, -0.1) is 0 Å². The average molecular weight is 262 g/mol. The lowest BCUT2D eigenvalue weighted by atomic mass is 10.2. The van der Waals surface area contributed by atoms with Gasteiger partial charge in [0, 0.05) is 10.7 Å². The van der Waals surface area contributed by atoms with E-state index in [1.54, 1.807) is 16.7 Å². The zero-order chi connectivity index (χ0) is 10.8. The number of nitrogens with two attached hydrogens (primary N) is 1. The highest BCUT2D eigenvalue weighted by atomic mass is 79.9. The second kappa shape index (κ2) is 3.79. The van der Waals surface area contributed by atoms with Gasteiger partial charge in [0.25, 0.3) is 0 Å². The molecular weight excluding hydrogens is 254 g/mol. The lowest BCUT2D eigenvalue weighted by Crippen LogP contribution is -2.00. The fourth-order valence-corrected chi connectivity index (χ4v) is 1.76. The molecule has 0 saturated heterocycles. The first-order chi connectivity index (χ1) is 7.22. The summed E-state index contributed by atoms with van der Waals surface area (Å²) in [6.07, 6.45) is 1.82. The Hall–Kier alpha value is -1.73. The summed E-state index contributed by atoms with van der Waals surface area (Å²) in [4.78, 5) is 0. The average Bonchev–Trinajstić information content (AvgIpc) is 2.69. The maximum Gasteiger partial charge on any atom is 0.124 e. The molecule has 0 saturated carbocycles. The third-order valence-electron chi connectivity index (χ3n) is 2.12. The molecule has 0 fully saturated rings. The molecule has 0 aliphatic carbocycles. The van der Waals surface area contributed by atoms with Crippen LogP contribution in [0.15, 0.2) is 41.0 Å². The molecule has 0 radical (unpaired) electrons. The van der Waals surface area contributed by atoms with Gasteiger partial charge < -0.3 is 10.3 Å². The monoisotopic (exact) mass is 261 g/mol. The van der Waals surface area contributed by atoms with Crippen LogP contribution in [0.3, 0.4) is 0 Å². The molecule has 1 aromatic heterocycles. The number of aromatic nitrogens is 1. The van der Waals surface area contributed by atoms with Gasteiger partial charge in [-0.05, 0) is 30.3 Å². The van der Waals surface area contributed by atoms with E-state index < -0.39 is 0 Å². The molecule has 0 bridgehead atoms. The Balaban J connectivity index is 2.64. The molecule has 2 aromatic rings. The lowest BCUT2D eigenvalue weighted by molar-refractivity contribution is 1.05. The van der Waals surface area contributed by atoms with Crippen molar-refractivity contribution in [2.45, 2.75) is 0 Å². The van der Waals surface area contributed by atoms with Gasteiger partial charge in [0.1, 0.15) is 11.8 Å². The molecule has 15 heavy (non-hydrogen) atoms. The maximum absolute atomic E-state index is 8.91. The summed E-state index contributed by atoms with van der Waals surface area (Å²) >= 11 is 3.38. The lowest BCUT2D eigenvalue weighted by Gasteiger charge is -2.08. The van der Waals surface area contributed by atoms with Crippen molar-refractivity contribution in [1.82, 2.24) is 4.57 Å². The van der Waals surface area contributed by atoms with Crippen LogP contribution in [-0.2, 0) is 0 Å². The molecule has 0 unspecified atom stereocenters. The zero-order valence-corrected chi connectivity index (χ0v) is 9.40. The maximum atomic E-state index is 8.91. The van der Waals surface area contributed by atoms with E-state index in [0.29, 0.717) is 11.4 Å². The van der Waals surface area contributed by atoms with Crippen molar-refractivity contribution >= 4 is 21.6 Å². The van der Waals surface area contributed by atoms with E-state index in [4.69, 9.17) is 11.0 Å². The Labute approximate surface area is 95.9 Å². The molecular formula is C11H8BrN3. The number of anilines is 1. The van der Waals surface area contributed by atoms with E-state index in [9.17, 15) is 0 Å². The predicted octanol–water partition coefficient (Wildman–Crippen LogP) is 2.69. The Morgan fingerprint density at radius 1 is 1.33 bits per heavy atom. The number of nitrogens with zero attached hydrogens (tertiary/aromatic N) is 2. The molecule has 0 atom stereocenters. The van der Waals surface area contributed by atoms with Crippen LogP contribution in [0.5, 0.6) is 0 Å².